The fourth-order valence-electron chi connectivity index (χ4n) is 4.10. The second-order valence-corrected chi connectivity index (χ2v) is 10.9. The van der Waals surface area contributed by atoms with Crippen LogP contribution in [0.5, 0.6) is 5.75 Å². The second kappa shape index (κ2) is 13.5. The van der Waals surface area contributed by atoms with Crippen LogP contribution in [0.4, 0.5) is 0 Å². The number of rotatable bonds is 12. The van der Waals surface area contributed by atoms with Crippen molar-refractivity contribution in [1.82, 2.24) is 10.0 Å². The Kier molecular flexibility index (Phi) is 9.66. The van der Waals surface area contributed by atoms with Gasteiger partial charge in [0.1, 0.15) is 18.4 Å². The molecule has 4 aromatic rings. The molecule has 3 N–H and O–H groups in total. The number of aromatic hydroxyl groups is 1. The number of ether oxygens (including phenoxy) is 1. The molecule has 0 saturated carbocycles. The van der Waals surface area contributed by atoms with Gasteiger partial charge in [0.2, 0.25) is 10.0 Å². The predicted molar refractivity (Wildman–Crippen MR) is 151 cm³/mol. The molecule has 1 amide bonds. The van der Waals surface area contributed by atoms with Gasteiger partial charge in [-0.05, 0) is 60.4 Å². The van der Waals surface area contributed by atoms with E-state index in [2.05, 4.69) is 10.0 Å². The molecule has 40 heavy (non-hydrogen) atoms. The Balaban J connectivity index is 1.51. The van der Waals surface area contributed by atoms with Gasteiger partial charge in [-0.3, -0.25) is 9.59 Å². The molecule has 0 bridgehead atoms. The summed E-state index contributed by atoms with van der Waals surface area (Å²) < 4.78 is 34.2. The maximum absolute atomic E-state index is 13.3. The molecule has 0 aliphatic rings. The molecular formula is C31H30N2O6S. The molecule has 0 saturated heterocycles. The zero-order valence-electron chi connectivity index (χ0n) is 21.6. The van der Waals surface area contributed by atoms with Gasteiger partial charge >= 0.3 is 5.97 Å². The van der Waals surface area contributed by atoms with Crippen LogP contribution >= 0.6 is 0 Å². The molecule has 0 fully saturated rings. The zero-order chi connectivity index (χ0) is 28.4. The number of carbonyl (C=O) groups excluding carboxylic acids is 2. The fraction of sp³-hybridized carbons (Fsp3) is 0.161. The van der Waals surface area contributed by atoms with Crippen LogP contribution in [-0.2, 0) is 32.4 Å². The molecule has 0 aliphatic heterocycles. The number of amides is 1. The van der Waals surface area contributed by atoms with Crippen molar-refractivity contribution in [3.8, 4) is 5.75 Å². The first-order valence-corrected chi connectivity index (χ1v) is 14.2. The summed E-state index contributed by atoms with van der Waals surface area (Å²) in [5, 5.41) is 12.5. The Bertz CT molecular complexity index is 1500. The van der Waals surface area contributed by atoms with Crippen molar-refractivity contribution in [3.05, 3.63) is 132 Å². The van der Waals surface area contributed by atoms with Crippen LogP contribution in [0, 0.1) is 0 Å². The van der Waals surface area contributed by atoms with Crippen molar-refractivity contribution in [3.63, 3.8) is 0 Å². The first-order valence-electron chi connectivity index (χ1n) is 12.7. The van der Waals surface area contributed by atoms with E-state index in [1.165, 1.54) is 24.3 Å². The third-order valence-corrected chi connectivity index (χ3v) is 7.62. The first kappa shape index (κ1) is 28.5. The van der Waals surface area contributed by atoms with Gasteiger partial charge in [-0.25, -0.2) is 8.42 Å². The van der Waals surface area contributed by atoms with E-state index in [1.807, 2.05) is 42.5 Å². The highest BCUT2D eigenvalue weighted by Gasteiger charge is 2.28. The lowest BCUT2D eigenvalue weighted by atomic mass is 10.1. The van der Waals surface area contributed by atoms with Gasteiger partial charge in [0.25, 0.3) is 5.91 Å². The highest BCUT2D eigenvalue weighted by Crippen LogP contribution is 2.16. The highest BCUT2D eigenvalue weighted by atomic mass is 32.2. The largest absolute Gasteiger partial charge is 0.508 e. The van der Waals surface area contributed by atoms with Crippen molar-refractivity contribution < 1.29 is 27.9 Å². The first-order chi connectivity index (χ1) is 19.3. The van der Waals surface area contributed by atoms with Gasteiger partial charge in [-0.15, -0.1) is 0 Å². The average Bonchev–Trinajstić information content (AvgIpc) is 2.97. The number of esters is 1. The molecule has 0 aromatic heterocycles. The minimum absolute atomic E-state index is 0.0523. The van der Waals surface area contributed by atoms with E-state index in [1.54, 1.807) is 48.5 Å². The number of nitrogens with one attached hydrogen (secondary N) is 2. The van der Waals surface area contributed by atoms with Crippen molar-refractivity contribution in [2.75, 3.05) is 6.61 Å². The van der Waals surface area contributed by atoms with Gasteiger partial charge in [-0.1, -0.05) is 78.9 Å². The molecule has 4 rings (SSSR count). The third kappa shape index (κ3) is 8.26. The molecule has 0 aliphatic carbocycles. The van der Waals surface area contributed by atoms with Crippen LogP contribution in [0.3, 0.4) is 0 Å². The Labute approximate surface area is 233 Å². The number of hydrogen-bond donors (Lipinski definition) is 3. The number of phenols is 1. The fourth-order valence-corrected chi connectivity index (χ4v) is 5.28. The van der Waals surface area contributed by atoms with Crippen LogP contribution in [0.15, 0.2) is 120 Å². The lowest BCUT2D eigenvalue weighted by Gasteiger charge is -2.22. The van der Waals surface area contributed by atoms with Gasteiger partial charge in [-0.2, -0.15) is 4.72 Å². The SMILES string of the molecule is O=C(N[C@H](COC(=O)[C@@H](Cc1ccccc1)NS(=O)(=O)c1ccc(O)cc1)Cc1ccccc1)c1ccccc1. The molecule has 206 valence electrons. The zero-order valence-corrected chi connectivity index (χ0v) is 22.5. The van der Waals surface area contributed by atoms with Gasteiger partial charge in [0.15, 0.2) is 0 Å². The van der Waals surface area contributed by atoms with E-state index >= 15 is 0 Å². The van der Waals surface area contributed by atoms with Gasteiger partial charge < -0.3 is 15.2 Å². The molecule has 0 radical (unpaired) electrons. The van der Waals surface area contributed by atoms with E-state index < -0.39 is 28.1 Å². The van der Waals surface area contributed by atoms with Crippen molar-refractivity contribution in [1.29, 1.82) is 0 Å². The van der Waals surface area contributed by atoms with Crippen LogP contribution < -0.4 is 10.0 Å². The Morgan fingerprint density at radius 2 is 1.25 bits per heavy atom. The number of carbonyl (C=O) groups is 2. The molecule has 0 spiro atoms. The van der Waals surface area contributed by atoms with Gasteiger partial charge in [0, 0.05) is 5.56 Å². The van der Waals surface area contributed by atoms with Crippen molar-refractivity contribution >= 4 is 21.9 Å². The number of phenolic OH excluding ortho intramolecular Hbond substituents is 1. The van der Waals surface area contributed by atoms with Gasteiger partial charge in [0.05, 0.1) is 10.9 Å². The summed E-state index contributed by atoms with van der Waals surface area (Å²) >= 11 is 0. The number of sulfonamides is 1. The molecule has 9 heteroatoms. The lowest BCUT2D eigenvalue weighted by Crippen LogP contribution is -2.46. The van der Waals surface area contributed by atoms with E-state index in [-0.39, 0.29) is 29.6 Å². The maximum atomic E-state index is 13.3. The van der Waals surface area contributed by atoms with E-state index in [0.29, 0.717) is 12.0 Å². The molecule has 4 aromatic carbocycles. The summed E-state index contributed by atoms with van der Waals surface area (Å²) in [7, 11) is -4.12. The summed E-state index contributed by atoms with van der Waals surface area (Å²) in [6.07, 6.45) is 0.450. The van der Waals surface area contributed by atoms with E-state index in [4.69, 9.17) is 4.74 Å². The smallest absolute Gasteiger partial charge is 0.324 e. The monoisotopic (exact) mass is 558 g/mol. The summed E-state index contributed by atoms with van der Waals surface area (Å²) in [6, 6.07) is 30.4. The number of hydrogen-bond acceptors (Lipinski definition) is 6. The highest BCUT2D eigenvalue weighted by molar-refractivity contribution is 7.89. The summed E-state index contributed by atoms with van der Waals surface area (Å²) in [5.74, 6) is -1.18. The molecule has 8 nitrogen and oxygen atoms in total. The average molecular weight is 559 g/mol. The second-order valence-electron chi connectivity index (χ2n) is 9.21. The van der Waals surface area contributed by atoms with Crippen LogP contribution in [-0.4, -0.2) is 44.1 Å². The molecular weight excluding hydrogens is 528 g/mol. The minimum Gasteiger partial charge on any atom is -0.508 e. The summed E-state index contributed by atoms with van der Waals surface area (Å²) in [6.45, 7) is -0.168. The topological polar surface area (TPSA) is 122 Å². The molecule has 0 heterocycles. The van der Waals surface area contributed by atoms with E-state index in [0.717, 1.165) is 11.1 Å². The van der Waals surface area contributed by atoms with Crippen LogP contribution in [0.1, 0.15) is 21.5 Å². The quantitative estimate of drug-likeness (QED) is 0.227. The number of benzene rings is 4. The predicted octanol–water partition coefficient (Wildman–Crippen LogP) is 3.87. The Morgan fingerprint density at radius 1 is 0.725 bits per heavy atom. The third-order valence-electron chi connectivity index (χ3n) is 6.13. The van der Waals surface area contributed by atoms with Crippen molar-refractivity contribution in [2.45, 2.75) is 29.8 Å². The standard InChI is InChI=1S/C31H30N2O6S/c34-27-16-18-28(19-17-27)40(37,38)33-29(21-24-12-6-2-7-13-24)31(36)39-22-26(20-23-10-4-1-5-11-23)32-30(35)25-14-8-3-9-15-25/h1-19,26,29,33-34H,20-22H2,(H,32,35)/t26-,29+/m0/s1. The van der Waals surface area contributed by atoms with Crippen LogP contribution in [0.2, 0.25) is 0 Å². The van der Waals surface area contributed by atoms with Crippen molar-refractivity contribution in [2.24, 2.45) is 0 Å². The van der Waals surface area contributed by atoms with Crippen LogP contribution in [0.25, 0.3) is 0 Å². The molecule has 2 atom stereocenters. The minimum atomic E-state index is -4.12. The summed E-state index contributed by atoms with van der Waals surface area (Å²) in [5.41, 5.74) is 2.14. The summed E-state index contributed by atoms with van der Waals surface area (Å²) in [4.78, 5) is 26.1. The lowest BCUT2D eigenvalue weighted by molar-refractivity contribution is -0.146. The Morgan fingerprint density at radius 3 is 1.82 bits per heavy atom. The maximum Gasteiger partial charge on any atom is 0.324 e. The van der Waals surface area contributed by atoms with E-state index in [9.17, 15) is 23.1 Å². The Hall–Kier alpha value is -4.47. The molecule has 0 unspecified atom stereocenters. The normalized spacial score (nSPS) is 12.7.